The molecule has 0 aromatic carbocycles. The summed E-state index contributed by atoms with van der Waals surface area (Å²) in [4.78, 5) is 16.7. The molecule has 5 heteroatoms. The fraction of sp³-hybridized carbons (Fsp3) is 0.615. The molecule has 5 nitrogen and oxygen atoms in total. The van der Waals surface area contributed by atoms with Crippen molar-refractivity contribution in [3.63, 3.8) is 0 Å². The fourth-order valence-corrected chi connectivity index (χ4v) is 2.24. The second-order valence-corrected chi connectivity index (χ2v) is 4.88. The molecule has 2 N–H and O–H groups in total. The summed E-state index contributed by atoms with van der Waals surface area (Å²) in [6, 6.07) is 3.70. The van der Waals surface area contributed by atoms with Crippen molar-refractivity contribution < 1.29 is 0 Å². The van der Waals surface area contributed by atoms with Crippen molar-refractivity contribution in [2.24, 2.45) is 5.73 Å². The highest BCUT2D eigenvalue weighted by Crippen LogP contribution is 1.99. The Morgan fingerprint density at radius 3 is 2.61 bits per heavy atom. The minimum atomic E-state index is 0.0501. The van der Waals surface area contributed by atoms with Crippen LogP contribution in [0, 0.1) is 0 Å². The summed E-state index contributed by atoms with van der Waals surface area (Å²) in [7, 11) is 2.15. The maximum absolute atomic E-state index is 12.0. The molecule has 100 valence electrons. The van der Waals surface area contributed by atoms with E-state index < -0.39 is 0 Å². The maximum Gasteiger partial charge on any atom is 0.255 e. The van der Waals surface area contributed by atoms with Gasteiger partial charge in [-0.15, -0.1) is 0 Å². The van der Waals surface area contributed by atoms with E-state index in [-0.39, 0.29) is 5.56 Å². The van der Waals surface area contributed by atoms with Gasteiger partial charge in [0.1, 0.15) is 0 Å². The topological polar surface area (TPSA) is 54.5 Å². The van der Waals surface area contributed by atoms with Crippen LogP contribution in [0.2, 0.25) is 0 Å². The molecule has 0 amide bonds. The van der Waals surface area contributed by atoms with E-state index in [1.54, 1.807) is 10.6 Å². The van der Waals surface area contributed by atoms with Gasteiger partial charge in [0.25, 0.3) is 5.56 Å². The average Bonchev–Trinajstić information content (AvgIpc) is 2.39. The van der Waals surface area contributed by atoms with Gasteiger partial charge in [-0.05, 0) is 13.1 Å². The maximum atomic E-state index is 12.0. The summed E-state index contributed by atoms with van der Waals surface area (Å²) in [6.45, 7) is 6.38. The molecule has 0 saturated carbocycles. The SMILES string of the molecule is CN1CCN(CCn2cccc(CN)c2=O)CC1. The van der Waals surface area contributed by atoms with Crippen LogP contribution < -0.4 is 11.3 Å². The molecule has 1 aromatic rings. The lowest BCUT2D eigenvalue weighted by Crippen LogP contribution is -2.45. The molecular formula is C13H22N4O. The van der Waals surface area contributed by atoms with Crippen molar-refractivity contribution in [1.29, 1.82) is 0 Å². The number of hydrogen-bond acceptors (Lipinski definition) is 4. The number of rotatable bonds is 4. The van der Waals surface area contributed by atoms with Crippen molar-refractivity contribution in [2.45, 2.75) is 13.1 Å². The van der Waals surface area contributed by atoms with Crippen LogP contribution in [0.15, 0.2) is 23.1 Å². The summed E-state index contributed by atoms with van der Waals surface area (Å²) in [6.07, 6.45) is 1.84. The van der Waals surface area contributed by atoms with Gasteiger partial charge < -0.3 is 15.2 Å². The third-order valence-electron chi connectivity index (χ3n) is 3.57. The summed E-state index contributed by atoms with van der Waals surface area (Å²) in [5, 5.41) is 0. The van der Waals surface area contributed by atoms with E-state index in [2.05, 4.69) is 16.8 Å². The van der Waals surface area contributed by atoms with Gasteiger partial charge in [0, 0.05) is 57.6 Å². The Bertz CT molecular complexity index is 435. The Labute approximate surface area is 108 Å². The van der Waals surface area contributed by atoms with Crippen molar-refractivity contribution in [1.82, 2.24) is 14.4 Å². The molecule has 0 spiro atoms. The zero-order valence-corrected chi connectivity index (χ0v) is 11.0. The van der Waals surface area contributed by atoms with Gasteiger partial charge in [0.15, 0.2) is 0 Å². The number of hydrogen-bond donors (Lipinski definition) is 1. The van der Waals surface area contributed by atoms with Gasteiger partial charge in [0.05, 0.1) is 0 Å². The first-order valence-electron chi connectivity index (χ1n) is 6.50. The number of likely N-dealkylation sites (N-methyl/N-ethyl adjacent to an activating group) is 1. The van der Waals surface area contributed by atoms with E-state index in [4.69, 9.17) is 5.73 Å². The third kappa shape index (κ3) is 3.19. The molecule has 1 aliphatic rings. The quantitative estimate of drug-likeness (QED) is 0.787. The van der Waals surface area contributed by atoms with Crippen LogP contribution in [-0.4, -0.2) is 54.1 Å². The summed E-state index contributed by atoms with van der Waals surface area (Å²) >= 11 is 0. The van der Waals surface area contributed by atoms with Gasteiger partial charge in [0.2, 0.25) is 0 Å². The first-order valence-corrected chi connectivity index (χ1v) is 6.50. The lowest BCUT2D eigenvalue weighted by molar-refractivity contribution is 0.149. The Kier molecular flexibility index (Phi) is 4.52. The first kappa shape index (κ1) is 13.3. The van der Waals surface area contributed by atoms with Crippen molar-refractivity contribution in [2.75, 3.05) is 39.8 Å². The van der Waals surface area contributed by atoms with Gasteiger partial charge in [-0.3, -0.25) is 9.69 Å². The molecular weight excluding hydrogens is 228 g/mol. The van der Waals surface area contributed by atoms with Crippen LogP contribution in [0.5, 0.6) is 0 Å². The lowest BCUT2D eigenvalue weighted by Gasteiger charge is -2.32. The number of nitrogens with zero attached hydrogens (tertiary/aromatic N) is 3. The van der Waals surface area contributed by atoms with Crippen molar-refractivity contribution in [3.05, 3.63) is 34.2 Å². The van der Waals surface area contributed by atoms with Crippen molar-refractivity contribution in [3.8, 4) is 0 Å². The molecule has 0 atom stereocenters. The molecule has 18 heavy (non-hydrogen) atoms. The van der Waals surface area contributed by atoms with E-state index in [1.165, 1.54) is 0 Å². The highest BCUT2D eigenvalue weighted by atomic mass is 16.1. The first-order chi connectivity index (χ1) is 8.70. The smallest absolute Gasteiger partial charge is 0.255 e. The fourth-order valence-electron chi connectivity index (χ4n) is 2.24. The predicted molar refractivity (Wildman–Crippen MR) is 72.5 cm³/mol. The molecule has 1 fully saturated rings. The van der Waals surface area contributed by atoms with Gasteiger partial charge in [-0.2, -0.15) is 0 Å². The van der Waals surface area contributed by atoms with Gasteiger partial charge in [-0.1, -0.05) is 6.07 Å². The molecule has 0 radical (unpaired) electrons. The standard InChI is InChI=1S/C13H22N4O/c1-15-5-7-16(8-6-15)9-10-17-4-2-3-12(11-14)13(17)18/h2-4H,5-11,14H2,1H3. The average molecular weight is 250 g/mol. The zero-order valence-electron chi connectivity index (χ0n) is 11.0. The largest absolute Gasteiger partial charge is 0.326 e. The Morgan fingerprint density at radius 1 is 1.22 bits per heavy atom. The van der Waals surface area contributed by atoms with Crippen LogP contribution >= 0.6 is 0 Å². The van der Waals surface area contributed by atoms with E-state index in [1.807, 2.05) is 12.3 Å². The normalized spacial score (nSPS) is 18.1. The lowest BCUT2D eigenvalue weighted by atomic mass is 10.2. The highest BCUT2D eigenvalue weighted by Gasteiger charge is 2.13. The Hall–Kier alpha value is -1.17. The molecule has 2 rings (SSSR count). The Balaban J connectivity index is 1.92. The summed E-state index contributed by atoms with van der Waals surface area (Å²) in [5.41, 5.74) is 6.29. The second kappa shape index (κ2) is 6.13. The number of nitrogens with two attached hydrogens (primary N) is 1. The Morgan fingerprint density at radius 2 is 1.94 bits per heavy atom. The summed E-state index contributed by atoms with van der Waals surface area (Å²) < 4.78 is 1.76. The van der Waals surface area contributed by atoms with Crippen molar-refractivity contribution >= 4 is 0 Å². The van der Waals surface area contributed by atoms with Gasteiger partial charge >= 0.3 is 0 Å². The molecule has 2 heterocycles. The number of pyridine rings is 1. The molecule has 1 saturated heterocycles. The molecule has 0 aliphatic carbocycles. The van der Waals surface area contributed by atoms with Crippen LogP contribution in [0.3, 0.4) is 0 Å². The second-order valence-electron chi connectivity index (χ2n) is 4.88. The van der Waals surface area contributed by atoms with E-state index in [0.717, 1.165) is 39.3 Å². The third-order valence-corrected chi connectivity index (χ3v) is 3.57. The minimum absolute atomic E-state index is 0.0501. The summed E-state index contributed by atoms with van der Waals surface area (Å²) in [5.74, 6) is 0. The zero-order chi connectivity index (χ0) is 13.0. The van der Waals surface area contributed by atoms with Crippen LogP contribution in [-0.2, 0) is 13.1 Å². The predicted octanol–water partition coefficient (Wildman–Crippen LogP) is -0.446. The van der Waals surface area contributed by atoms with Crippen LogP contribution in [0.4, 0.5) is 0 Å². The number of aromatic nitrogens is 1. The van der Waals surface area contributed by atoms with E-state index in [0.29, 0.717) is 12.1 Å². The number of piperazine rings is 1. The molecule has 0 unspecified atom stereocenters. The van der Waals surface area contributed by atoms with E-state index in [9.17, 15) is 4.79 Å². The van der Waals surface area contributed by atoms with E-state index >= 15 is 0 Å². The van der Waals surface area contributed by atoms with Crippen LogP contribution in [0.1, 0.15) is 5.56 Å². The molecule has 1 aromatic heterocycles. The van der Waals surface area contributed by atoms with Gasteiger partial charge in [-0.25, -0.2) is 0 Å². The molecule has 1 aliphatic heterocycles. The van der Waals surface area contributed by atoms with Crippen LogP contribution in [0.25, 0.3) is 0 Å². The monoisotopic (exact) mass is 250 g/mol. The minimum Gasteiger partial charge on any atom is -0.326 e. The highest BCUT2D eigenvalue weighted by molar-refractivity contribution is 5.09. The molecule has 0 bridgehead atoms.